The minimum absolute atomic E-state index is 0.0352. The highest BCUT2D eigenvalue weighted by atomic mass is 35.5. The van der Waals surface area contributed by atoms with Crippen molar-refractivity contribution in [2.75, 3.05) is 10.6 Å². The van der Waals surface area contributed by atoms with Crippen LogP contribution < -0.4 is 21.6 Å². The molecular formula is C33H30ClF4N7. The van der Waals surface area contributed by atoms with Crippen LogP contribution in [0.2, 0.25) is 5.02 Å². The van der Waals surface area contributed by atoms with Gasteiger partial charge < -0.3 is 16.1 Å². The first-order valence-electron chi connectivity index (χ1n) is 14.4. The Balaban J connectivity index is 1.43. The van der Waals surface area contributed by atoms with Gasteiger partial charge in [-0.25, -0.2) is 4.98 Å². The number of benzene rings is 2. The fourth-order valence-electron chi connectivity index (χ4n) is 5.71. The molecule has 1 unspecified atom stereocenters. The molecule has 7 nitrogen and oxygen atoms in total. The summed E-state index contributed by atoms with van der Waals surface area (Å²) in [6.45, 7) is 3.70. The molecule has 3 heterocycles. The molecule has 232 valence electrons. The third-order valence-corrected chi connectivity index (χ3v) is 8.62. The van der Waals surface area contributed by atoms with Gasteiger partial charge in [-0.15, -0.1) is 12.0 Å². The highest BCUT2D eigenvalue weighted by Gasteiger charge is 2.67. The van der Waals surface area contributed by atoms with Crippen LogP contribution in [0.15, 0.2) is 72.7 Å². The number of aromatic nitrogens is 2. The fourth-order valence-corrected chi connectivity index (χ4v) is 5.98. The molecule has 45 heavy (non-hydrogen) atoms. The molecule has 1 fully saturated rings. The number of hydrogen-bond donors (Lipinski definition) is 4. The van der Waals surface area contributed by atoms with Crippen molar-refractivity contribution in [1.82, 2.24) is 25.9 Å². The summed E-state index contributed by atoms with van der Waals surface area (Å²) in [6.07, 6.45) is 5.15. The van der Waals surface area contributed by atoms with Gasteiger partial charge in [-0.3, -0.25) is 9.99 Å². The van der Waals surface area contributed by atoms with Crippen LogP contribution in [0.5, 0.6) is 0 Å². The Kier molecular flexibility index (Phi) is 7.97. The molecule has 1 aliphatic carbocycles. The quantitative estimate of drug-likeness (QED) is 0.0853. The second-order valence-electron chi connectivity index (χ2n) is 11.2. The summed E-state index contributed by atoms with van der Waals surface area (Å²) < 4.78 is 55.8. The molecule has 0 radical (unpaired) electrons. The summed E-state index contributed by atoms with van der Waals surface area (Å²) >= 11 is 6.78. The van der Waals surface area contributed by atoms with E-state index in [1.54, 1.807) is 25.3 Å². The lowest BCUT2D eigenvalue weighted by atomic mass is 10.0. The fraction of sp³-hybridized carbons (Fsp3) is 0.273. The third-order valence-electron chi connectivity index (χ3n) is 8.34. The number of fused-ring (bicyclic) bond motifs is 1. The van der Waals surface area contributed by atoms with Gasteiger partial charge in [-0.2, -0.15) is 17.6 Å². The Labute approximate surface area is 263 Å². The Morgan fingerprint density at radius 2 is 1.89 bits per heavy atom. The minimum Gasteiger partial charge on any atom is -0.377 e. The summed E-state index contributed by atoms with van der Waals surface area (Å²) in [6, 6.07) is 15.4. The van der Waals surface area contributed by atoms with Crippen LogP contribution in [-0.2, 0) is 0 Å². The predicted octanol–water partition coefficient (Wildman–Crippen LogP) is 7.69. The van der Waals surface area contributed by atoms with Crippen LogP contribution >= 0.6 is 11.6 Å². The first-order chi connectivity index (χ1) is 21.5. The zero-order chi connectivity index (χ0) is 31.9. The molecule has 0 amide bonds. The maximum atomic E-state index is 14.0. The SMILES string of the molecule is C#Cc1cnc2c(Cl)cc(NC(C3=CN(C4(C(F)(F)F)CC4)NN3)c3ccc(F)nc3C)cc2c1N[C@H](CC)c1ccccc1. The molecule has 2 aromatic heterocycles. The number of alkyl halides is 3. The lowest BCUT2D eigenvalue weighted by Gasteiger charge is -2.28. The van der Waals surface area contributed by atoms with Gasteiger partial charge in [0, 0.05) is 34.7 Å². The molecule has 1 saturated carbocycles. The average Bonchev–Trinajstić information content (AvgIpc) is 3.70. The minimum atomic E-state index is -4.43. The topological polar surface area (TPSA) is 77.1 Å². The number of hydrazine groups is 2. The number of aryl methyl sites for hydroxylation is 1. The van der Waals surface area contributed by atoms with Crippen LogP contribution in [-0.4, -0.2) is 26.7 Å². The number of anilines is 2. The Morgan fingerprint density at radius 3 is 2.53 bits per heavy atom. The van der Waals surface area contributed by atoms with Gasteiger partial charge in [-0.1, -0.05) is 60.8 Å². The van der Waals surface area contributed by atoms with Gasteiger partial charge in [0.25, 0.3) is 0 Å². The van der Waals surface area contributed by atoms with Crippen LogP contribution in [0, 0.1) is 25.2 Å². The molecule has 0 bridgehead atoms. The summed E-state index contributed by atoms with van der Waals surface area (Å²) in [5.74, 6) is 2.04. The van der Waals surface area contributed by atoms with Crippen LogP contribution in [0.1, 0.15) is 60.7 Å². The molecule has 2 aliphatic rings. The lowest BCUT2D eigenvalue weighted by Crippen LogP contribution is -2.52. The molecular weight excluding hydrogens is 606 g/mol. The number of terminal acetylenes is 1. The zero-order valence-corrected chi connectivity index (χ0v) is 25.2. The summed E-state index contributed by atoms with van der Waals surface area (Å²) in [4.78, 5) is 8.48. The molecule has 2 atom stereocenters. The van der Waals surface area contributed by atoms with E-state index in [0.29, 0.717) is 49.8 Å². The van der Waals surface area contributed by atoms with Crippen molar-refractivity contribution in [3.63, 3.8) is 0 Å². The van der Waals surface area contributed by atoms with Crippen LogP contribution in [0.3, 0.4) is 0 Å². The highest BCUT2D eigenvalue weighted by Crippen LogP contribution is 2.54. The van der Waals surface area contributed by atoms with Crippen molar-refractivity contribution in [1.29, 1.82) is 0 Å². The van der Waals surface area contributed by atoms with Gasteiger partial charge in [0.05, 0.1) is 39.6 Å². The van der Waals surface area contributed by atoms with Crippen molar-refractivity contribution in [3.8, 4) is 12.3 Å². The Morgan fingerprint density at radius 1 is 1.13 bits per heavy atom. The number of pyridine rings is 2. The first kappa shape index (κ1) is 30.5. The molecule has 12 heteroatoms. The van der Waals surface area contributed by atoms with Gasteiger partial charge in [-0.05, 0) is 49.9 Å². The maximum absolute atomic E-state index is 14.0. The molecule has 6 rings (SSSR count). The Hall–Kier alpha value is -4.53. The van der Waals surface area contributed by atoms with Crippen molar-refractivity contribution in [3.05, 3.63) is 106 Å². The molecule has 4 aromatic rings. The van der Waals surface area contributed by atoms with Crippen LogP contribution in [0.4, 0.5) is 28.9 Å². The van der Waals surface area contributed by atoms with E-state index in [1.165, 1.54) is 12.3 Å². The van der Waals surface area contributed by atoms with E-state index in [4.69, 9.17) is 18.0 Å². The maximum Gasteiger partial charge on any atom is 0.413 e. The Bertz CT molecular complexity index is 1820. The van der Waals surface area contributed by atoms with E-state index in [-0.39, 0.29) is 18.9 Å². The lowest BCUT2D eigenvalue weighted by molar-refractivity contribution is -0.195. The molecule has 4 N–H and O–H groups in total. The summed E-state index contributed by atoms with van der Waals surface area (Å²) in [7, 11) is 0. The zero-order valence-electron chi connectivity index (χ0n) is 24.4. The normalized spacial score (nSPS) is 16.8. The second-order valence-corrected chi connectivity index (χ2v) is 11.6. The van der Waals surface area contributed by atoms with E-state index in [2.05, 4.69) is 44.4 Å². The van der Waals surface area contributed by atoms with Gasteiger partial charge >= 0.3 is 6.18 Å². The number of hydrogen-bond acceptors (Lipinski definition) is 7. The van der Waals surface area contributed by atoms with Gasteiger partial charge in [0.2, 0.25) is 5.95 Å². The van der Waals surface area contributed by atoms with E-state index >= 15 is 0 Å². The molecule has 2 aromatic carbocycles. The number of rotatable bonds is 9. The van der Waals surface area contributed by atoms with Crippen molar-refractivity contribution in [2.45, 2.75) is 56.9 Å². The monoisotopic (exact) mass is 635 g/mol. The van der Waals surface area contributed by atoms with E-state index in [9.17, 15) is 17.6 Å². The van der Waals surface area contributed by atoms with Gasteiger partial charge in [0.15, 0.2) is 5.54 Å². The second kappa shape index (κ2) is 11.8. The van der Waals surface area contributed by atoms with E-state index in [1.807, 2.05) is 36.4 Å². The smallest absolute Gasteiger partial charge is 0.377 e. The predicted molar refractivity (Wildman–Crippen MR) is 167 cm³/mol. The van der Waals surface area contributed by atoms with Crippen LogP contribution in [0.25, 0.3) is 10.9 Å². The van der Waals surface area contributed by atoms with E-state index < -0.39 is 23.7 Å². The average molecular weight is 636 g/mol. The standard InChI is InChI=1S/C33H30ClF4N7/c1-4-20-17-39-30-24(29(20)42-26(5-2)21-9-7-6-8-10-21)15-22(16-25(30)34)41-31(23-11-12-28(35)40-19(23)3)27-18-45(44-43-27)32(13-14-32)33(36,37)38/h1,6-12,15-18,26,31,41,43-44H,5,13-14H2,2-3H3,(H,39,42)/t26-,31?/m1/s1. The number of nitrogens with zero attached hydrogens (tertiary/aromatic N) is 3. The summed E-state index contributed by atoms with van der Waals surface area (Å²) in [5.41, 5.74) is 8.20. The largest absolute Gasteiger partial charge is 0.413 e. The van der Waals surface area contributed by atoms with Gasteiger partial charge in [0.1, 0.15) is 0 Å². The molecule has 1 aliphatic heterocycles. The molecule has 0 saturated heterocycles. The first-order valence-corrected chi connectivity index (χ1v) is 14.8. The van der Waals surface area contributed by atoms with Crippen molar-refractivity contribution >= 4 is 33.9 Å². The van der Waals surface area contributed by atoms with Crippen molar-refractivity contribution in [2.24, 2.45) is 0 Å². The van der Waals surface area contributed by atoms with Crippen molar-refractivity contribution < 1.29 is 17.6 Å². The molecule has 0 spiro atoms. The third kappa shape index (κ3) is 5.72. The highest BCUT2D eigenvalue weighted by molar-refractivity contribution is 6.35. The number of nitrogens with one attached hydrogen (secondary N) is 4. The van der Waals surface area contributed by atoms with E-state index in [0.717, 1.165) is 17.0 Å². The summed E-state index contributed by atoms with van der Waals surface area (Å²) in [5, 5.41) is 9.03. The number of halogens is 5.